The molecule has 1 N–H and O–H groups in total. The van der Waals surface area contributed by atoms with E-state index in [0.717, 1.165) is 5.01 Å². The van der Waals surface area contributed by atoms with Crippen molar-refractivity contribution >= 4 is 17.2 Å². The zero-order chi connectivity index (χ0) is 10.9. The average Bonchev–Trinajstić information content (AvgIpc) is 2.84. The van der Waals surface area contributed by atoms with Gasteiger partial charge in [-0.05, 0) is 19.8 Å². The molecule has 1 atom stereocenters. The summed E-state index contributed by atoms with van der Waals surface area (Å²) in [6.45, 7) is 1.88. The second-order valence-electron chi connectivity index (χ2n) is 3.76. The quantitative estimate of drug-likeness (QED) is 0.843. The van der Waals surface area contributed by atoms with Crippen molar-refractivity contribution < 1.29 is 4.79 Å². The number of thiazole rings is 1. The van der Waals surface area contributed by atoms with E-state index >= 15 is 0 Å². The summed E-state index contributed by atoms with van der Waals surface area (Å²) in [5.74, 6) is -0.160. The van der Waals surface area contributed by atoms with E-state index < -0.39 is 5.41 Å². The Hall–Kier alpha value is -1.41. The SMILES string of the molecule is CC(NC(=O)C1(C#N)CC1)c1nccs1. The molecule has 4 nitrogen and oxygen atoms in total. The van der Waals surface area contributed by atoms with Crippen molar-refractivity contribution in [3.63, 3.8) is 0 Å². The molecule has 1 heterocycles. The van der Waals surface area contributed by atoms with Gasteiger partial charge in [0, 0.05) is 11.6 Å². The molecule has 1 fully saturated rings. The summed E-state index contributed by atoms with van der Waals surface area (Å²) in [5.41, 5.74) is -0.745. The monoisotopic (exact) mass is 221 g/mol. The summed E-state index contributed by atoms with van der Waals surface area (Å²) >= 11 is 1.50. The lowest BCUT2D eigenvalue weighted by Crippen LogP contribution is -2.33. The van der Waals surface area contributed by atoms with E-state index in [2.05, 4.69) is 16.4 Å². The van der Waals surface area contributed by atoms with Gasteiger partial charge in [-0.2, -0.15) is 5.26 Å². The van der Waals surface area contributed by atoms with Crippen molar-refractivity contribution in [1.29, 1.82) is 5.26 Å². The standard InChI is InChI=1S/C10H11N3OS/c1-7(8-12-4-5-15-8)13-9(14)10(6-11)2-3-10/h4-5,7H,2-3H2,1H3,(H,13,14). The summed E-state index contributed by atoms with van der Waals surface area (Å²) in [6.07, 6.45) is 3.07. The maximum Gasteiger partial charge on any atom is 0.241 e. The molecule has 5 heteroatoms. The average molecular weight is 221 g/mol. The fraction of sp³-hybridized carbons (Fsp3) is 0.500. The second-order valence-corrected chi connectivity index (χ2v) is 4.69. The van der Waals surface area contributed by atoms with E-state index in [1.165, 1.54) is 11.3 Å². The van der Waals surface area contributed by atoms with Gasteiger partial charge in [0.05, 0.1) is 12.1 Å². The van der Waals surface area contributed by atoms with E-state index in [1.807, 2.05) is 12.3 Å². The van der Waals surface area contributed by atoms with Gasteiger partial charge >= 0.3 is 0 Å². The van der Waals surface area contributed by atoms with Gasteiger partial charge in [0.25, 0.3) is 0 Å². The maximum atomic E-state index is 11.7. The van der Waals surface area contributed by atoms with Gasteiger partial charge in [-0.3, -0.25) is 4.79 Å². The highest BCUT2D eigenvalue weighted by Crippen LogP contribution is 2.45. The molecule has 2 rings (SSSR count). The highest BCUT2D eigenvalue weighted by atomic mass is 32.1. The Morgan fingerprint density at radius 2 is 2.53 bits per heavy atom. The van der Waals surface area contributed by atoms with Gasteiger partial charge < -0.3 is 5.32 Å². The number of nitrogens with one attached hydrogen (secondary N) is 1. The molecule has 0 bridgehead atoms. The Labute approximate surface area is 91.9 Å². The number of nitrogens with zero attached hydrogens (tertiary/aromatic N) is 2. The first-order valence-electron chi connectivity index (χ1n) is 4.79. The summed E-state index contributed by atoms with van der Waals surface area (Å²) in [5, 5.41) is 14.4. The Kier molecular flexibility index (Phi) is 2.45. The first kappa shape index (κ1) is 10.1. The topological polar surface area (TPSA) is 65.8 Å². The number of aromatic nitrogens is 1. The number of nitriles is 1. The summed E-state index contributed by atoms with van der Waals surface area (Å²) in [6, 6.07) is 1.97. The molecule has 1 amide bonds. The van der Waals surface area contributed by atoms with E-state index in [4.69, 9.17) is 5.26 Å². The molecule has 0 radical (unpaired) electrons. The van der Waals surface area contributed by atoms with Gasteiger partial charge in [0.15, 0.2) is 0 Å². The zero-order valence-electron chi connectivity index (χ0n) is 8.36. The summed E-state index contributed by atoms with van der Waals surface area (Å²) < 4.78 is 0. The molecule has 15 heavy (non-hydrogen) atoms. The molecule has 1 saturated carbocycles. The van der Waals surface area contributed by atoms with Crippen LogP contribution in [0.25, 0.3) is 0 Å². The molecule has 1 aromatic rings. The van der Waals surface area contributed by atoms with E-state index in [9.17, 15) is 4.79 Å². The third-order valence-electron chi connectivity index (χ3n) is 2.57. The van der Waals surface area contributed by atoms with Gasteiger partial charge in [-0.25, -0.2) is 4.98 Å². The van der Waals surface area contributed by atoms with Crippen LogP contribution in [0.2, 0.25) is 0 Å². The predicted molar refractivity (Wildman–Crippen MR) is 56.0 cm³/mol. The van der Waals surface area contributed by atoms with Gasteiger partial charge in [-0.15, -0.1) is 11.3 Å². The number of carbonyl (C=O) groups excluding carboxylic acids is 1. The van der Waals surface area contributed by atoms with E-state index in [0.29, 0.717) is 12.8 Å². The highest BCUT2D eigenvalue weighted by Gasteiger charge is 2.50. The highest BCUT2D eigenvalue weighted by molar-refractivity contribution is 7.09. The van der Waals surface area contributed by atoms with E-state index in [-0.39, 0.29) is 11.9 Å². The Morgan fingerprint density at radius 3 is 3.00 bits per heavy atom. The van der Waals surface area contributed by atoms with Crippen LogP contribution in [0.15, 0.2) is 11.6 Å². The molecule has 1 aliphatic rings. The van der Waals surface area contributed by atoms with Crippen LogP contribution in [0.4, 0.5) is 0 Å². The summed E-state index contributed by atoms with van der Waals surface area (Å²) in [4.78, 5) is 15.8. The molecule has 0 aliphatic heterocycles. The van der Waals surface area contributed by atoms with Crippen LogP contribution in [0, 0.1) is 16.7 Å². The minimum atomic E-state index is -0.745. The van der Waals surface area contributed by atoms with Crippen LogP contribution in [0.1, 0.15) is 30.8 Å². The molecule has 0 saturated heterocycles. The van der Waals surface area contributed by atoms with Crippen molar-refractivity contribution in [1.82, 2.24) is 10.3 Å². The number of amides is 1. The third kappa shape index (κ3) is 1.85. The molecule has 1 aromatic heterocycles. The smallest absolute Gasteiger partial charge is 0.241 e. The molecule has 1 unspecified atom stereocenters. The molecular formula is C10H11N3OS. The second kappa shape index (κ2) is 3.63. The number of hydrogen-bond donors (Lipinski definition) is 1. The van der Waals surface area contributed by atoms with Crippen LogP contribution in [-0.4, -0.2) is 10.9 Å². The largest absolute Gasteiger partial charge is 0.346 e. The van der Waals surface area contributed by atoms with Crippen molar-refractivity contribution in [2.75, 3.05) is 0 Å². The van der Waals surface area contributed by atoms with Crippen molar-refractivity contribution in [3.05, 3.63) is 16.6 Å². The molecular weight excluding hydrogens is 210 g/mol. The molecule has 1 aliphatic carbocycles. The molecule has 0 spiro atoms. The first-order valence-corrected chi connectivity index (χ1v) is 5.67. The normalized spacial score (nSPS) is 18.9. The number of rotatable bonds is 3. The number of carbonyl (C=O) groups is 1. The Bertz CT molecular complexity index is 403. The van der Waals surface area contributed by atoms with Crippen molar-refractivity contribution in [2.24, 2.45) is 5.41 Å². The van der Waals surface area contributed by atoms with E-state index in [1.54, 1.807) is 6.20 Å². The van der Waals surface area contributed by atoms with Crippen molar-refractivity contribution in [2.45, 2.75) is 25.8 Å². The lowest BCUT2D eigenvalue weighted by Gasteiger charge is -2.13. The van der Waals surface area contributed by atoms with Crippen LogP contribution in [0.5, 0.6) is 0 Å². The minimum absolute atomic E-state index is 0.108. The third-order valence-corrected chi connectivity index (χ3v) is 3.53. The van der Waals surface area contributed by atoms with Crippen LogP contribution >= 0.6 is 11.3 Å². The Balaban J connectivity index is 1.99. The minimum Gasteiger partial charge on any atom is -0.346 e. The Morgan fingerprint density at radius 1 is 1.80 bits per heavy atom. The van der Waals surface area contributed by atoms with Gasteiger partial charge in [0.1, 0.15) is 10.4 Å². The maximum absolute atomic E-state index is 11.7. The predicted octanol–water partition coefficient (Wildman–Crippen LogP) is 1.62. The lowest BCUT2D eigenvalue weighted by molar-refractivity contribution is -0.125. The number of hydrogen-bond acceptors (Lipinski definition) is 4. The first-order chi connectivity index (χ1) is 7.18. The summed E-state index contributed by atoms with van der Waals surface area (Å²) in [7, 11) is 0. The van der Waals surface area contributed by atoms with Crippen LogP contribution in [0.3, 0.4) is 0 Å². The molecule has 0 aromatic carbocycles. The van der Waals surface area contributed by atoms with Crippen molar-refractivity contribution in [3.8, 4) is 6.07 Å². The van der Waals surface area contributed by atoms with Crippen LogP contribution < -0.4 is 5.32 Å². The zero-order valence-corrected chi connectivity index (χ0v) is 9.17. The molecule has 78 valence electrons. The lowest BCUT2D eigenvalue weighted by atomic mass is 10.1. The van der Waals surface area contributed by atoms with Gasteiger partial charge in [-0.1, -0.05) is 0 Å². The fourth-order valence-electron chi connectivity index (χ4n) is 1.36. The van der Waals surface area contributed by atoms with Gasteiger partial charge in [0.2, 0.25) is 5.91 Å². The fourth-order valence-corrected chi connectivity index (χ4v) is 2.01. The van der Waals surface area contributed by atoms with Crippen LogP contribution in [-0.2, 0) is 4.79 Å².